The second kappa shape index (κ2) is 5.19. The van der Waals surface area contributed by atoms with Crippen molar-refractivity contribution in [1.82, 2.24) is 14.0 Å². The van der Waals surface area contributed by atoms with Crippen LogP contribution in [0, 0.1) is 6.92 Å². The fourth-order valence-corrected chi connectivity index (χ4v) is 3.48. The Labute approximate surface area is 133 Å². The molecule has 5 nitrogen and oxygen atoms in total. The number of aryl methyl sites for hydroxylation is 3. The topological polar surface area (TPSA) is 56.4 Å². The first-order valence-electron chi connectivity index (χ1n) is 7.85. The van der Waals surface area contributed by atoms with Crippen LogP contribution in [0.5, 0.6) is 0 Å². The van der Waals surface area contributed by atoms with Gasteiger partial charge in [-0.25, -0.2) is 0 Å². The molecule has 4 rings (SSSR count). The first-order valence-corrected chi connectivity index (χ1v) is 7.85. The Balaban J connectivity index is 2.00. The summed E-state index contributed by atoms with van der Waals surface area (Å²) >= 11 is 0. The van der Waals surface area contributed by atoms with Crippen molar-refractivity contribution in [2.75, 3.05) is 0 Å². The van der Waals surface area contributed by atoms with Gasteiger partial charge in [0.2, 0.25) is 0 Å². The van der Waals surface area contributed by atoms with Crippen LogP contribution in [0.15, 0.2) is 35.6 Å². The van der Waals surface area contributed by atoms with E-state index in [0.717, 1.165) is 24.7 Å². The van der Waals surface area contributed by atoms with E-state index in [2.05, 4.69) is 4.98 Å². The zero-order chi connectivity index (χ0) is 16.0. The summed E-state index contributed by atoms with van der Waals surface area (Å²) in [5.41, 5.74) is 4.86. The maximum absolute atomic E-state index is 12.9. The van der Waals surface area contributed by atoms with Crippen LogP contribution in [0.25, 0.3) is 11.2 Å². The van der Waals surface area contributed by atoms with Gasteiger partial charge in [-0.3, -0.25) is 19.1 Å². The maximum atomic E-state index is 12.9. The van der Waals surface area contributed by atoms with Crippen molar-refractivity contribution in [3.63, 3.8) is 0 Å². The smallest absolute Gasteiger partial charge is 0.279 e. The zero-order valence-electron chi connectivity index (χ0n) is 13.0. The van der Waals surface area contributed by atoms with Gasteiger partial charge in [0.25, 0.3) is 5.56 Å². The van der Waals surface area contributed by atoms with Gasteiger partial charge in [0, 0.05) is 29.8 Å². The molecule has 0 aromatic carbocycles. The Hall–Kier alpha value is -2.69. The highest BCUT2D eigenvalue weighted by Crippen LogP contribution is 2.24. The van der Waals surface area contributed by atoms with Gasteiger partial charge >= 0.3 is 0 Å². The Morgan fingerprint density at radius 3 is 2.83 bits per heavy atom. The Morgan fingerprint density at radius 2 is 2.00 bits per heavy atom. The van der Waals surface area contributed by atoms with Crippen LogP contribution in [-0.4, -0.2) is 20.2 Å². The highest BCUT2D eigenvalue weighted by atomic mass is 16.1. The number of hydrogen-bond donors (Lipinski definition) is 0. The van der Waals surface area contributed by atoms with Crippen LogP contribution < -0.4 is 5.56 Å². The molecule has 0 N–H and O–H groups in total. The molecule has 0 saturated heterocycles. The summed E-state index contributed by atoms with van der Waals surface area (Å²) < 4.78 is 3.52. The first-order chi connectivity index (χ1) is 11.2. The normalized spacial score (nSPS) is 14.0. The summed E-state index contributed by atoms with van der Waals surface area (Å²) in [6, 6.07) is 2.00. The number of aromatic nitrogens is 3. The van der Waals surface area contributed by atoms with Gasteiger partial charge in [0.05, 0.1) is 11.9 Å². The largest absolute Gasteiger partial charge is 0.314 e. The molecule has 0 saturated carbocycles. The van der Waals surface area contributed by atoms with Gasteiger partial charge in [-0.2, -0.15) is 0 Å². The Kier molecular flexibility index (Phi) is 3.15. The van der Waals surface area contributed by atoms with Crippen LogP contribution in [0.1, 0.15) is 40.0 Å². The highest BCUT2D eigenvalue weighted by molar-refractivity contribution is 5.82. The summed E-state index contributed by atoms with van der Waals surface area (Å²) in [6.45, 7) is 1.82. The molecule has 23 heavy (non-hydrogen) atoms. The van der Waals surface area contributed by atoms with E-state index in [-0.39, 0.29) is 5.56 Å². The first kappa shape index (κ1) is 13.9. The monoisotopic (exact) mass is 307 g/mol. The lowest BCUT2D eigenvalue weighted by atomic mass is 9.98. The van der Waals surface area contributed by atoms with Gasteiger partial charge in [-0.15, -0.1) is 0 Å². The molecule has 3 aromatic heterocycles. The fraction of sp³-hybridized carbons (Fsp3) is 0.278. The Bertz CT molecular complexity index is 982. The maximum Gasteiger partial charge on any atom is 0.279 e. The van der Waals surface area contributed by atoms with E-state index in [1.54, 1.807) is 18.6 Å². The van der Waals surface area contributed by atoms with Crippen LogP contribution in [0.4, 0.5) is 0 Å². The van der Waals surface area contributed by atoms with E-state index < -0.39 is 0 Å². The number of carbonyl (C=O) groups is 1. The molecule has 1 aliphatic carbocycles. The SMILES string of the molecule is Cc1cncc(-n2ccn3c4c(cc3c2=O)CCCC4)c1C=O. The van der Waals surface area contributed by atoms with Crippen molar-refractivity contribution in [1.29, 1.82) is 0 Å². The number of carbonyl (C=O) groups excluding carboxylic acids is 1. The lowest BCUT2D eigenvalue weighted by Gasteiger charge is -2.13. The minimum atomic E-state index is -0.114. The second-order valence-electron chi connectivity index (χ2n) is 6.06. The third-order valence-corrected chi connectivity index (χ3v) is 4.69. The van der Waals surface area contributed by atoms with E-state index in [1.165, 1.54) is 28.7 Å². The molecular formula is C18H17N3O2. The molecule has 3 aromatic rings. The fourth-order valence-electron chi connectivity index (χ4n) is 3.48. The van der Waals surface area contributed by atoms with Crippen LogP contribution in [-0.2, 0) is 12.8 Å². The number of nitrogens with zero attached hydrogens (tertiary/aromatic N) is 3. The summed E-state index contributed by atoms with van der Waals surface area (Å²) in [5, 5.41) is 0. The van der Waals surface area contributed by atoms with Crippen LogP contribution in [0.3, 0.4) is 0 Å². The number of hydrogen-bond acceptors (Lipinski definition) is 3. The molecule has 0 radical (unpaired) electrons. The van der Waals surface area contributed by atoms with Gasteiger partial charge in [0.15, 0.2) is 6.29 Å². The number of pyridine rings is 1. The van der Waals surface area contributed by atoms with Gasteiger partial charge in [0.1, 0.15) is 5.52 Å². The van der Waals surface area contributed by atoms with Crippen LogP contribution in [0.2, 0.25) is 0 Å². The zero-order valence-corrected chi connectivity index (χ0v) is 13.0. The molecule has 0 bridgehead atoms. The van der Waals surface area contributed by atoms with Crippen LogP contribution >= 0.6 is 0 Å². The summed E-state index contributed by atoms with van der Waals surface area (Å²) in [7, 11) is 0. The molecule has 116 valence electrons. The van der Waals surface area contributed by atoms with E-state index in [0.29, 0.717) is 16.8 Å². The molecule has 0 atom stereocenters. The second-order valence-corrected chi connectivity index (χ2v) is 6.06. The van der Waals surface area contributed by atoms with Crippen molar-refractivity contribution >= 4 is 11.8 Å². The third-order valence-electron chi connectivity index (χ3n) is 4.69. The number of aldehydes is 1. The predicted octanol–water partition coefficient (Wildman–Crippen LogP) is 2.48. The minimum Gasteiger partial charge on any atom is -0.314 e. The van der Waals surface area contributed by atoms with Crippen molar-refractivity contribution in [3.8, 4) is 5.69 Å². The van der Waals surface area contributed by atoms with Crippen molar-refractivity contribution in [2.45, 2.75) is 32.6 Å². The molecule has 0 unspecified atom stereocenters. The van der Waals surface area contributed by atoms with E-state index in [4.69, 9.17) is 0 Å². The average molecular weight is 307 g/mol. The minimum absolute atomic E-state index is 0.114. The van der Waals surface area contributed by atoms with Gasteiger partial charge < -0.3 is 4.40 Å². The van der Waals surface area contributed by atoms with Crippen molar-refractivity contribution in [2.24, 2.45) is 0 Å². The quantitative estimate of drug-likeness (QED) is 0.683. The van der Waals surface area contributed by atoms with Crippen molar-refractivity contribution in [3.05, 3.63) is 63.6 Å². The lowest BCUT2D eigenvalue weighted by molar-refractivity contribution is 0.112. The third kappa shape index (κ3) is 2.04. The Morgan fingerprint density at radius 1 is 1.17 bits per heavy atom. The highest BCUT2D eigenvalue weighted by Gasteiger charge is 2.18. The predicted molar refractivity (Wildman–Crippen MR) is 87.6 cm³/mol. The summed E-state index contributed by atoms with van der Waals surface area (Å²) in [5.74, 6) is 0. The van der Waals surface area contributed by atoms with Gasteiger partial charge in [-0.1, -0.05) is 0 Å². The molecular weight excluding hydrogens is 290 g/mol. The molecule has 1 aliphatic rings. The van der Waals surface area contributed by atoms with E-state index in [9.17, 15) is 9.59 Å². The molecule has 0 aliphatic heterocycles. The van der Waals surface area contributed by atoms with E-state index >= 15 is 0 Å². The van der Waals surface area contributed by atoms with Gasteiger partial charge in [-0.05, 0) is 49.8 Å². The lowest BCUT2D eigenvalue weighted by Crippen LogP contribution is -2.21. The summed E-state index contributed by atoms with van der Waals surface area (Å²) in [6.07, 6.45) is 12.0. The molecule has 0 fully saturated rings. The standard InChI is InChI=1S/C18H17N3O2/c1-12-9-19-10-17(14(12)11-22)21-7-6-20-15-5-3-2-4-13(15)8-16(20)18(21)23/h6-11H,2-5H2,1H3. The van der Waals surface area contributed by atoms with E-state index in [1.807, 2.05) is 23.6 Å². The summed E-state index contributed by atoms with van der Waals surface area (Å²) in [4.78, 5) is 28.5. The molecule has 0 amide bonds. The molecule has 0 spiro atoms. The average Bonchev–Trinajstić information content (AvgIpc) is 2.95. The van der Waals surface area contributed by atoms with Crippen molar-refractivity contribution < 1.29 is 4.79 Å². The number of fused-ring (bicyclic) bond motifs is 3. The molecule has 3 heterocycles. The number of rotatable bonds is 2. The molecule has 5 heteroatoms.